The van der Waals surface area contributed by atoms with Crippen LogP contribution < -0.4 is 0 Å². The third kappa shape index (κ3) is 7.64. The summed E-state index contributed by atoms with van der Waals surface area (Å²) in [5.41, 5.74) is 0. The van der Waals surface area contributed by atoms with E-state index >= 15 is 0 Å². The van der Waals surface area contributed by atoms with E-state index in [-0.39, 0.29) is 23.7 Å². The highest BCUT2D eigenvalue weighted by atomic mass is 32.2. The van der Waals surface area contributed by atoms with Crippen molar-refractivity contribution < 1.29 is 19.8 Å². The molecule has 0 heterocycles. The molecule has 0 radical (unpaired) electrons. The summed E-state index contributed by atoms with van der Waals surface area (Å²) in [6.07, 6.45) is 0.332. The topological polar surface area (TPSA) is 74.6 Å². The number of hydrogen-bond acceptors (Lipinski definition) is 2. The van der Waals surface area contributed by atoms with Crippen molar-refractivity contribution in [2.75, 3.05) is 17.3 Å². The van der Waals surface area contributed by atoms with Crippen LogP contribution in [0.2, 0.25) is 0 Å². The molecule has 0 amide bonds. The van der Waals surface area contributed by atoms with Gasteiger partial charge in [0.25, 0.3) is 0 Å². The van der Waals surface area contributed by atoms with E-state index in [1.165, 1.54) is 0 Å². The lowest BCUT2D eigenvalue weighted by Gasteiger charge is -2.16. The van der Waals surface area contributed by atoms with Gasteiger partial charge in [-0.25, -0.2) is 0 Å². The predicted molar refractivity (Wildman–Crippen MR) is 53.8 cm³/mol. The van der Waals surface area contributed by atoms with Gasteiger partial charge in [0.05, 0.1) is 12.8 Å². The molecule has 0 unspecified atom stereocenters. The Morgan fingerprint density at radius 2 is 1.46 bits per heavy atom. The third-order valence-corrected chi connectivity index (χ3v) is 4.34. The molecule has 0 rings (SSSR count). The molecule has 0 saturated carbocycles. The molecule has 13 heavy (non-hydrogen) atoms. The molecule has 0 aromatic carbocycles. The van der Waals surface area contributed by atoms with Crippen molar-refractivity contribution >= 4 is 22.8 Å². The fraction of sp³-hybridized carbons (Fsp3) is 0.750. The van der Waals surface area contributed by atoms with Crippen molar-refractivity contribution in [2.24, 2.45) is 0 Å². The number of thiol groups is 1. The minimum atomic E-state index is -0.795. The molecule has 0 aliphatic heterocycles. The maximum absolute atomic E-state index is 10.3. The van der Waals surface area contributed by atoms with Crippen LogP contribution in [0.15, 0.2) is 0 Å². The van der Waals surface area contributed by atoms with Crippen LogP contribution in [0.4, 0.5) is 0 Å². The fourth-order valence-corrected chi connectivity index (χ4v) is 2.81. The minimum absolute atomic E-state index is 0.166. The Kier molecular flexibility index (Phi) is 6.40. The first-order valence-electron chi connectivity index (χ1n) is 4.22. The van der Waals surface area contributed by atoms with Crippen LogP contribution in [-0.2, 0) is 9.59 Å². The molecule has 0 aromatic rings. The van der Waals surface area contributed by atoms with Crippen molar-refractivity contribution in [1.29, 1.82) is 0 Å². The van der Waals surface area contributed by atoms with Gasteiger partial charge >= 0.3 is 11.9 Å². The summed E-state index contributed by atoms with van der Waals surface area (Å²) < 4.78 is 0. The Hall–Kier alpha value is -0.710. The van der Waals surface area contributed by atoms with Crippen LogP contribution in [-0.4, -0.2) is 39.4 Å². The SMILES string of the molecule is CC[SH](CCC(=O)O)CCC(=O)O. The van der Waals surface area contributed by atoms with Gasteiger partial charge in [0.2, 0.25) is 0 Å². The summed E-state index contributed by atoms with van der Waals surface area (Å²) in [5.74, 6) is 0.617. The van der Waals surface area contributed by atoms with Crippen LogP contribution in [0.3, 0.4) is 0 Å². The van der Waals surface area contributed by atoms with Gasteiger partial charge < -0.3 is 10.2 Å². The second-order valence-electron chi connectivity index (χ2n) is 2.72. The van der Waals surface area contributed by atoms with Gasteiger partial charge in [-0.1, -0.05) is 6.92 Å². The number of hydrogen-bond donors (Lipinski definition) is 3. The zero-order valence-corrected chi connectivity index (χ0v) is 8.59. The van der Waals surface area contributed by atoms with Crippen LogP contribution in [0.25, 0.3) is 0 Å². The largest absolute Gasteiger partial charge is 0.481 e. The first kappa shape index (κ1) is 12.3. The zero-order chi connectivity index (χ0) is 10.3. The third-order valence-electron chi connectivity index (χ3n) is 1.73. The minimum Gasteiger partial charge on any atom is -0.481 e. The van der Waals surface area contributed by atoms with Crippen molar-refractivity contribution in [3.63, 3.8) is 0 Å². The quantitative estimate of drug-likeness (QED) is 0.545. The van der Waals surface area contributed by atoms with Crippen molar-refractivity contribution in [1.82, 2.24) is 0 Å². The summed E-state index contributed by atoms with van der Waals surface area (Å²) in [5, 5.41) is 16.9. The summed E-state index contributed by atoms with van der Waals surface area (Å²) in [4.78, 5) is 20.5. The molecule has 0 aliphatic rings. The van der Waals surface area contributed by atoms with Gasteiger partial charge in [-0.2, -0.15) is 0 Å². The molecule has 0 saturated heterocycles. The lowest BCUT2D eigenvalue weighted by molar-refractivity contribution is -0.137. The van der Waals surface area contributed by atoms with E-state index in [1.807, 2.05) is 6.92 Å². The van der Waals surface area contributed by atoms with Crippen LogP contribution in [0, 0.1) is 0 Å². The standard InChI is InChI=1S/C8H16O4S/c1-2-13(5-3-7(9)10)6-4-8(11)12/h13H,2-6H2,1H3,(H,9,10)(H,11,12). The van der Waals surface area contributed by atoms with Crippen molar-refractivity contribution in [2.45, 2.75) is 19.8 Å². The van der Waals surface area contributed by atoms with E-state index in [0.717, 1.165) is 5.75 Å². The number of carboxylic acid groups (broad SMARTS) is 2. The molecule has 0 aromatic heterocycles. The smallest absolute Gasteiger partial charge is 0.304 e. The van der Waals surface area contributed by atoms with E-state index in [4.69, 9.17) is 10.2 Å². The molecule has 0 spiro atoms. The molecule has 2 N–H and O–H groups in total. The number of rotatable bonds is 7. The molecule has 0 atom stereocenters. The van der Waals surface area contributed by atoms with Gasteiger partial charge in [-0.3, -0.25) is 20.5 Å². The average molecular weight is 208 g/mol. The van der Waals surface area contributed by atoms with Crippen LogP contribution in [0.5, 0.6) is 0 Å². The molecular formula is C8H16O4S. The Labute approximate surface area is 80.3 Å². The van der Waals surface area contributed by atoms with E-state index < -0.39 is 11.9 Å². The van der Waals surface area contributed by atoms with E-state index in [0.29, 0.717) is 11.5 Å². The van der Waals surface area contributed by atoms with E-state index in [1.54, 1.807) is 0 Å². The summed E-state index contributed by atoms with van der Waals surface area (Å²) >= 11 is 0. The molecule has 5 heteroatoms. The first-order chi connectivity index (χ1) is 6.06. The lowest BCUT2D eigenvalue weighted by atomic mass is 10.5. The molecule has 78 valence electrons. The predicted octanol–water partition coefficient (Wildman–Crippen LogP) is 0.957. The van der Waals surface area contributed by atoms with E-state index in [9.17, 15) is 9.59 Å². The zero-order valence-electron chi connectivity index (χ0n) is 7.69. The first-order valence-corrected chi connectivity index (χ1v) is 6.12. The molecule has 0 aliphatic carbocycles. The monoisotopic (exact) mass is 208 g/mol. The Morgan fingerprint density at radius 1 is 1.08 bits per heavy atom. The molecule has 0 bridgehead atoms. The average Bonchev–Trinajstić information content (AvgIpc) is 2.04. The summed E-state index contributed by atoms with van der Waals surface area (Å²) in [7, 11) is -0.385. The van der Waals surface area contributed by atoms with Crippen LogP contribution in [0.1, 0.15) is 19.8 Å². The Bertz CT molecular complexity index is 163. The number of carboxylic acids is 2. The lowest BCUT2D eigenvalue weighted by Crippen LogP contribution is -2.06. The van der Waals surface area contributed by atoms with Crippen LogP contribution >= 0.6 is 10.9 Å². The highest BCUT2D eigenvalue weighted by molar-refractivity contribution is 8.17. The fourth-order valence-electron chi connectivity index (χ4n) is 0.936. The highest BCUT2D eigenvalue weighted by Crippen LogP contribution is 2.25. The number of aliphatic carboxylic acids is 2. The van der Waals surface area contributed by atoms with Gasteiger partial charge in [-0.05, 0) is 17.3 Å². The summed E-state index contributed by atoms with van der Waals surface area (Å²) in [6.45, 7) is 1.98. The maximum atomic E-state index is 10.3. The van der Waals surface area contributed by atoms with Crippen molar-refractivity contribution in [3.05, 3.63) is 0 Å². The van der Waals surface area contributed by atoms with Gasteiger partial charge in [-0.15, -0.1) is 0 Å². The number of carbonyl (C=O) groups is 2. The molecule has 4 nitrogen and oxygen atoms in total. The van der Waals surface area contributed by atoms with Gasteiger partial charge in [0.15, 0.2) is 0 Å². The second-order valence-corrected chi connectivity index (χ2v) is 5.59. The summed E-state index contributed by atoms with van der Waals surface area (Å²) in [6, 6.07) is 0. The maximum Gasteiger partial charge on any atom is 0.304 e. The molecular weight excluding hydrogens is 192 g/mol. The normalized spacial score (nSPS) is 11.0. The Balaban J connectivity index is 3.63. The van der Waals surface area contributed by atoms with Crippen molar-refractivity contribution in [3.8, 4) is 0 Å². The highest BCUT2D eigenvalue weighted by Gasteiger charge is 2.06. The van der Waals surface area contributed by atoms with Gasteiger partial charge in [0.1, 0.15) is 0 Å². The Morgan fingerprint density at radius 3 is 1.69 bits per heavy atom. The van der Waals surface area contributed by atoms with Gasteiger partial charge in [0, 0.05) is 0 Å². The molecule has 0 fully saturated rings. The second kappa shape index (κ2) is 6.77. The van der Waals surface area contributed by atoms with E-state index in [2.05, 4.69) is 0 Å².